The monoisotopic (exact) mass is 292 g/mol. The van der Waals surface area contributed by atoms with Crippen LogP contribution in [0.4, 0.5) is 0 Å². The number of alkyl halides is 1. The topological polar surface area (TPSA) is 9.23 Å². The normalized spacial score (nSPS) is 21.8. The smallest absolute Gasteiger partial charge is 0.138 e. The Morgan fingerprint density at radius 3 is 2.32 bits per heavy atom. The largest absolute Gasteiger partial charge is 0.489 e. The zero-order chi connectivity index (χ0) is 13.2. The van der Waals surface area contributed by atoms with Crippen LogP contribution in [0.3, 0.4) is 0 Å². The van der Waals surface area contributed by atoms with E-state index in [-0.39, 0.29) is 11.5 Å². The molecule has 2 aromatic rings. The van der Waals surface area contributed by atoms with E-state index in [0.29, 0.717) is 5.02 Å². The number of benzene rings is 2. The highest BCUT2D eigenvalue weighted by Gasteiger charge is 2.29. The van der Waals surface area contributed by atoms with E-state index >= 15 is 0 Å². The fraction of sp³-hybridized carbons (Fsp3) is 0.250. The van der Waals surface area contributed by atoms with E-state index in [4.69, 9.17) is 27.9 Å². The molecule has 0 aliphatic heterocycles. The summed E-state index contributed by atoms with van der Waals surface area (Å²) in [6.07, 6.45) is 2.01. The fourth-order valence-corrected chi connectivity index (χ4v) is 2.81. The third kappa shape index (κ3) is 2.88. The summed E-state index contributed by atoms with van der Waals surface area (Å²) in [5, 5.41) is 0.909. The lowest BCUT2D eigenvalue weighted by Crippen LogP contribution is -2.34. The molecule has 0 atom stereocenters. The average molecular weight is 293 g/mol. The first-order valence-corrected chi connectivity index (χ1v) is 7.19. The van der Waals surface area contributed by atoms with E-state index < -0.39 is 0 Å². The van der Waals surface area contributed by atoms with Crippen LogP contribution < -0.4 is 4.74 Å². The van der Waals surface area contributed by atoms with E-state index in [1.165, 1.54) is 0 Å². The van der Waals surface area contributed by atoms with Gasteiger partial charge in [0.1, 0.15) is 11.9 Å². The molecule has 98 valence electrons. The molecule has 0 N–H and O–H groups in total. The molecule has 0 radical (unpaired) electrons. The van der Waals surface area contributed by atoms with E-state index in [0.717, 1.165) is 29.7 Å². The van der Waals surface area contributed by atoms with Gasteiger partial charge >= 0.3 is 0 Å². The third-order valence-corrected chi connectivity index (χ3v) is 4.02. The van der Waals surface area contributed by atoms with E-state index in [9.17, 15) is 0 Å². The lowest BCUT2D eigenvalue weighted by molar-refractivity contribution is 0.124. The summed E-state index contributed by atoms with van der Waals surface area (Å²) in [6, 6.07) is 16.1. The van der Waals surface area contributed by atoms with Gasteiger partial charge in [-0.25, -0.2) is 0 Å². The second kappa shape index (κ2) is 5.44. The molecule has 0 saturated heterocycles. The number of hydrogen-bond donors (Lipinski definition) is 0. The van der Waals surface area contributed by atoms with Gasteiger partial charge in [-0.3, -0.25) is 0 Å². The van der Waals surface area contributed by atoms with E-state index in [1.54, 1.807) is 0 Å². The van der Waals surface area contributed by atoms with Crippen LogP contribution in [0.2, 0.25) is 5.02 Å². The van der Waals surface area contributed by atoms with Gasteiger partial charge in [-0.05, 0) is 23.3 Å². The van der Waals surface area contributed by atoms with E-state index in [2.05, 4.69) is 12.1 Å². The number of hydrogen-bond acceptors (Lipinski definition) is 1. The Hall–Kier alpha value is -1.18. The number of rotatable bonds is 3. The SMILES string of the molecule is Clc1cc(-c2ccccc2)ccc1OC1CC(Cl)C1. The molecule has 0 unspecified atom stereocenters. The third-order valence-electron chi connectivity index (χ3n) is 3.37. The van der Waals surface area contributed by atoms with Crippen LogP contribution in [0.1, 0.15) is 12.8 Å². The molecule has 0 amide bonds. The molecule has 1 fully saturated rings. The maximum atomic E-state index is 6.28. The van der Waals surface area contributed by atoms with Crippen molar-refractivity contribution >= 4 is 23.2 Å². The average Bonchev–Trinajstić information content (AvgIpc) is 2.40. The first-order valence-electron chi connectivity index (χ1n) is 6.38. The lowest BCUT2D eigenvalue weighted by Gasteiger charge is -2.31. The predicted octanol–water partition coefficient (Wildman–Crippen LogP) is 5.16. The van der Waals surface area contributed by atoms with E-state index in [1.807, 2.05) is 36.4 Å². The summed E-state index contributed by atoms with van der Waals surface area (Å²) < 4.78 is 5.83. The van der Waals surface area contributed by atoms with Crippen molar-refractivity contribution in [3.8, 4) is 16.9 Å². The standard InChI is InChI=1S/C16H14Cl2O/c17-13-9-14(10-13)19-16-7-6-12(8-15(16)18)11-4-2-1-3-5-11/h1-8,13-14H,9-10H2. The Bertz CT molecular complexity index is 562. The molecule has 1 nitrogen and oxygen atoms in total. The summed E-state index contributed by atoms with van der Waals surface area (Å²) in [5.41, 5.74) is 2.25. The van der Waals surface area contributed by atoms with Crippen molar-refractivity contribution in [1.82, 2.24) is 0 Å². The molecule has 0 heterocycles. The molecular weight excluding hydrogens is 279 g/mol. The molecule has 1 aliphatic carbocycles. The van der Waals surface area contributed by atoms with Crippen LogP contribution in [0.15, 0.2) is 48.5 Å². The fourth-order valence-electron chi connectivity index (χ4n) is 2.18. The molecule has 2 aromatic carbocycles. The van der Waals surface area contributed by atoms with Gasteiger partial charge in [-0.1, -0.05) is 48.0 Å². The molecule has 0 bridgehead atoms. The summed E-state index contributed by atoms with van der Waals surface area (Å²) in [4.78, 5) is 0. The zero-order valence-electron chi connectivity index (χ0n) is 10.4. The molecule has 3 heteroatoms. The Kier molecular flexibility index (Phi) is 3.67. The van der Waals surface area contributed by atoms with Gasteiger partial charge in [0.2, 0.25) is 0 Å². The summed E-state index contributed by atoms with van der Waals surface area (Å²) in [5.74, 6) is 0.745. The highest BCUT2D eigenvalue weighted by molar-refractivity contribution is 6.32. The maximum Gasteiger partial charge on any atom is 0.138 e. The maximum absolute atomic E-state index is 6.28. The summed E-state index contributed by atoms with van der Waals surface area (Å²) in [7, 11) is 0. The predicted molar refractivity (Wildman–Crippen MR) is 80.2 cm³/mol. The van der Waals surface area contributed by atoms with Gasteiger partial charge in [0.25, 0.3) is 0 Å². The first-order chi connectivity index (χ1) is 9.22. The van der Waals surface area contributed by atoms with Crippen molar-refractivity contribution in [2.45, 2.75) is 24.3 Å². The Morgan fingerprint density at radius 1 is 0.947 bits per heavy atom. The minimum absolute atomic E-state index is 0.211. The lowest BCUT2D eigenvalue weighted by atomic mass is 9.95. The molecular formula is C16H14Cl2O. The Balaban J connectivity index is 1.78. The summed E-state index contributed by atoms with van der Waals surface area (Å²) >= 11 is 12.2. The van der Waals surface area contributed by atoms with Gasteiger partial charge in [0, 0.05) is 18.2 Å². The summed E-state index contributed by atoms with van der Waals surface area (Å²) in [6.45, 7) is 0. The van der Waals surface area contributed by atoms with Gasteiger partial charge < -0.3 is 4.74 Å². The van der Waals surface area contributed by atoms with Crippen molar-refractivity contribution in [3.05, 3.63) is 53.6 Å². The second-order valence-corrected chi connectivity index (χ2v) is 5.84. The van der Waals surface area contributed by atoms with Crippen LogP contribution in [0.25, 0.3) is 11.1 Å². The molecule has 19 heavy (non-hydrogen) atoms. The Morgan fingerprint density at radius 2 is 1.68 bits per heavy atom. The van der Waals surface area contributed by atoms with Crippen molar-refractivity contribution in [1.29, 1.82) is 0 Å². The van der Waals surface area contributed by atoms with Crippen LogP contribution in [0.5, 0.6) is 5.75 Å². The van der Waals surface area contributed by atoms with Crippen LogP contribution >= 0.6 is 23.2 Å². The number of ether oxygens (including phenoxy) is 1. The highest BCUT2D eigenvalue weighted by atomic mass is 35.5. The van der Waals surface area contributed by atoms with Crippen molar-refractivity contribution in [2.24, 2.45) is 0 Å². The van der Waals surface area contributed by atoms with Gasteiger partial charge in [0.05, 0.1) is 5.02 Å². The number of halogens is 2. The van der Waals surface area contributed by atoms with Crippen molar-refractivity contribution in [3.63, 3.8) is 0 Å². The van der Waals surface area contributed by atoms with Crippen molar-refractivity contribution in [2.75, 3.05) is 0 Å². The minimum Gasteiger partial charge on any atom is -0.489 e. The second-order valence-electron chi connectivity index (χ2n) is 4.82. The molecule has 3 rings (SSSR count). The first kappa shape index (κ1) is 12.8. The van der Waals surface area contributed by atoms with Gasteiger partial charge in [0.15, 0.2) is 0 Å². The van der Waals surface area contributed by atoms with Gasteiger partial charge in [-0.2, -0.15) is 0 Å². The molecule has 1 aliphatic rings. The molecule has 0 spiro atoms. The van der Waals surface area contributed by atoms with Gasteiger partial charge in [-0.15, -0.1) is 11.6 Å². The van der Waals surface area contributed by atoms with Crippen LogP contribution in [-0.2, 0) is 0 Å². The molecule has 1 saturated carbocycles. The quantitative estimate of drug-likeness (QED) is 0.711. The Labute approximate surface area is 123 Å². The van der Waals surface area contributed by atoms with Crippen molar-refractivity contribution < 1.29 is 4.74 Å². The highest BCUT2D eigenvalue weighted by Crippen LogP contribution is 2.35. The van der Waals surface area contributed by atoms with Crippen LogP contribution in [-0.4, -0.2) is 11.5 Å². The molecule has 0 aromatic heterocycles. The van der Waals surface area contributed by atoms with Crippen LogP contribution in [0, 0.1) is 0 Å². The minimum atomic E-state index is 0.211. The zero-order valence-corrected chi connectivity index (χ0v) is 11.9.